The van der Waals surface area contributed by atoms with Crippen molar-refractivity contribution in [3.63, 3.8) is 0 Å². The number of fused-ring (bicyclic) bond motifs is 1. The third-order valence-corrected chi connectivity index (χ3v) is 4.28. The van der Waals surface area contributed by atoms with E-state index in [9.17, 15) is 4.79 Å². The number of aromatic nitrogens is 4. The normalized spacial score (nSPS) is 17.8. The summed E-state index contributed by atoms with van der Waals surface area (Å²) in [5, 5.41) is 11.6. The summed E-state index contributed by atoms with van der Waals surface area (Å²) in [6.07, 6.45) is 9.25. The fraction of sp³-hybridized carbons (Fsp3) is 0.500. The molecule has 1 saturated carbocycles. The van der Waals surface area contributed by atoms with E-state index < -0.39 is 0 Å². The maximum Gasteiger partial charge on any atom is 0.260 e. The van der Waals surface area contributed by atoms with Crippen molar-refractivity contribution in [2.24, 2.45) is 0 Å². The topological polar surface area (TPSA) is 64.7 Å². The molecule has 4 rings (SSSR count). The first-order valence-corrected chi connectivity index (χ1v) is 7.22. The van der Waals surface area contributed by atoms with Crippen molar-refractivity contribution in [3.8, 4) is 0 Å². The van der Waals surface area contributed by atoms with Crippen molar-refractivity contribution < 1.29 is 4.79 Å². The van der Waals surface area contributed by atoms with Gasteiger partial charge in [-0.3, -0.25) is 14.2 Å². The second kappa shape index (κ2) is 4.47. The van der Waals surface area contributed by atoms with Gasteiger partial charge < -0.3 is 5.32 Å². The van der Waals surface area contributed by atoms with Crippen LogP contribution in [0.2, 0.25) is 0 Å². The summed E-state index contributed by atoms with van der Waals surface area (Å²) in [5.74, 6) is 0.520. The lowest BCUT2D eigenvalue weighted by Crippen LogP contribution is -2.18. The predicted molar refractivity (Wildman–Crippen MR) is 73.6 cm³/mol. The van der Waals surface area contributed by atoms with Crippen LogP contribution in [-0.4, -0.2) is 25.5 Å². The summed E-state index contributed by atoms with van der Waals surface area (Å²) in [5.41, 5.74) is 1.72. The van der Waals surface area contributed by atoms with Gasteiger partial charge in [-0.1, -0.05) is 0 Å². The van der Waals surface area contributed by atoms with E-state index in [0.29, 0.717) is 17.4 Å². The number of hydrogen-bond donors (Lipinski definition) is 1. The van der Waals surface area contributed by atoms with E-state index >= 15 is 0 Å². The molecule has 6 heteroatoms. The predicted octanol–water partition coefficient (Wildman–Crippen LogP) is 2.00. The Morgan fingerprint density at radius 1 is 1.35 bits per heavy atom. The van der Waals surface area contributed by atoms with Crippen LogP contribution in [0.5, 0.6) is 0 Å². The third-order valence-electron chi connectivity index (χ3n) is 4.28. The van der Waals surface area contributed by atoms with Crippen molar-refractivity contribution in [1.29, 1.82) is 0 Å². The Labute approximate surface area is 116 Å². The molecule has 1 N–H and O–H groups in total. The molecule has 0 spiro atoms. The van der Waals surface area contributed by atoms with Crippen LogP contribution >= 0.6 is 0 Å². The molecule has 104 valence electrons. The lowest BCUT2D eigenvalue weighted by molar-refractivity contribution is 0.102. The Hall–Kier alpha value is -2.11. The smallest absolute Gasteiger partial charge is 0.260 e. The third kappa shape index (κ3) is 1.83. The van der Waals surface area contributed by atoms with E-state index in [1.807, 2.05) is 21.6 Å². The summed E-state index contributed by atoms with van der Waals surface area (Å²) < 4.78 is 3.88. The molecule has 0 unspecified atom stereocenters. The first-order valence-electron chi connectivity index (χ1n) is 7.22. The van der Waals surface area contributed by atoms with E-state index in [-0.39, 0.29) is 5.91 Å². The summed E-state index contributed by atoms with van der Waals surface area (Å²) >= 11 is 0. The first kappa shape index (κ1) is 11.7. The average molecular weight is 271 g/mol. The Kier molecular flexibility index (Phi) is 2.61. The van der Waals surface area contributed by atoms with Crippen LogP contribution in [0.1, 0.15) is 47.8 Å². The van der Waals surface area contributed by atoms with E-state index in [2.05, 4.69) is 15.5 Å². The highest BCUT2D eigenvalue weighted by molar-refractivity contribution is 6.04. The molecule has 0 bridgehead atoms. The molecule has 0 saturated heterocycles. The molecule has 1 amide bonds. The number of nitrogens with one attached hydrogen (secondary N) is 1. The number of hydrogen-bond acceptors (Lipinski definition) is 3. The second-order valence-electron chi connectivity index (χ2n) is 5.55. The second-order valence-corrected chi connectivity index (χ2v) is 5.55. The van der Waals surface area contributed by atoms with Gasteiger partial charge in [0.25, 0.3) is 5.91 Å². The van der Waals surface area contributed by atoms with Crippen LogP contribution in [0.25, 0.3) is 0 Å². The molecule has 0 aromatic carbocycles. The average Bonchev–Trinajstić information content (AvgIpc) is 3.01. The molecule has 2 aromatic heterocycles. The van der Waals surface area contributed by atoms with Gasteiger partial charge in [-0.15, -0.1) is 0 Å². The minimum atomic E-state index is -0.105. The Morgan fingerprint density at radius 3 is 3.05 bits per heavy atom. The number of carbonyl (C=O) groups excluding carboxylic acids is 1. The van der Waals surface area contributed by atoms with Gasteiger partial charge >= 0.3 is 0 Å². The fourth-order valence-corrected chi connectivity index (χ4v) is 2.90. The van der Waals surface area contributed by atoms with Gasteiger partial charge in [0, 0.05) is 18.8 Å². The van der Waals surface area contributed by atoms with Crippen LogP contribution in [0, 0.1) is 0 Å². The van der Waals surface area contributed by atoms with Crippen LogP contribution in [0.15, 0.2) is 18.5 Å². The number of rotatable bonds is 3. The molecule has 2 aromatic rings. The van der Waals surface area contributed by atoms with E-state index in [1.165, 1.54) is 19.3 Å². The highest BCUT2D eigenvalue weighted by Gasteiger charge is 2.23. The monoisotopic (exact) mass is 271 g/mol. The Morgan fingerprint density at radius 2 is 2.25 bits per heavy atom. The zero-order chi connectivity index (χ0) is 13.5. The molecule has 0 radical (unpaired) electrons. The molecule has 1 aliphatic carbocycles. The van der Waals surface area contributed by atoms with Crippen molar-refractivity contribution in [1.82, 2.24) is 19.6 Å². The highest BCUT2D eigenvalue weighted by Crippen LogP contribution is 2.31. The van der Waals surface area contributed by atoms with Gasteiger partial charge in [0.15, 0.2) is 5.82 Å². The molecular formula is C14H17N5O. The number of amides is 1. The van der Waals surface area contributed by atoms with Gasteiger partial charge in [0.2, 0.25) is 0 Å². The SMILES string of the molecule is O=C(Nc1ccn(C2CCC2)n1)c1cnn2c1CCC2. The van der Waals surface area contributed by atoms with Crippen molar-refractivity contribution in [2.45, 2.75) is 44.7 Å². The van der Waals surface area contributed by atoms with Gasteiger partial charge in [0.05, 0.1) is 23.5 Å². The number of aryl methyl sites for hydroxylation is 1. The molecule has 6 nitrogen and oxygen atoms in total. The minimum Gasteiger partial charge on any atom is -0.305 e. The summed E-state index contributed by atoms with van der Waals surface area (Å²) in [6.45, 7) is 0.916. The van der Waals surface area contributed by atoms with Crippen molar-refractivity contribution >= 4 is 11.7 Å². The van der Waals surface area contributed by atoms with E-state index in [1.54, 1.807) is 6.20 Å². The van der Waals surface area contributed by atoms with Crippen molar-refractivity contribution in [2.75, 3.05) is 5.32 Å². The van der Waals surface area contributed by atoms with Gasteiger partial charge in [0.1, 0.15) is 0 Å². The molecule has 0 atom stereocenters. The van der Waals surface area contributed by atoms with Crippen LogP contribution < -0.4 is 5.32 Å². The van der Waals surface area contributed by atoms with Crippen LogP contribution in [0.4, 0.5) is 5.82 Å². The maximum atomic E-state index is 12.3. The number of nitrogens with zero attached hydrogens (tertiary/aromatic N) is 4. The quantitative estimate of drug-likeness (QED) is 0.928. The molecule has 20 heavy (non-hydrogen) atoms. The maximum absolute atomic E-state index is 12.3. The number of carbonyl (C=O) groups is 1. The molecule has 1 fully saturated rings. The molecular weight excluding hydrogens is 254 g/mol. The standard InChI is InChI=1S/C14H17N5O/c20-14(11-9-15-19-7-2-5-12(11)19)16-13-6-8-18(17-13)10-3-1-4-10/h6,8-10H,1-5,7H2,(H,16,17,20). The van der Waals surface area contributed by atoms with Crippen molar-refractivity contribution in [3.05, 3.63) is 29.7 Å². The Bertz CT molecular complexity index is 652. The zero-order valence-electron chi connectivity index (χ0n) is 11.2. The summed E-state index contributed by atoms with van der Waals surface area (Å²) in [4.78, 5) is 12.3. The number of anilines is 1. The largest absolute Gasteiger partial charge is 0.305 e. The molecule has 1 aliphatic heterocycles. The van der Waals surface area contributed by atoms with Crippen LogP contribution in [0.3, 0.4) is 0 Å². The van der Waals surface area contributed by atoms with Gasteiger partial charge in [-0.25, -0.2) is 0 Å². The molecule has 3 heterocycles. The summed E-state index contributed by atoms with van der Waals surface area (Å²) in [6, 6.07) is 2.38. The van der Waals surface area contributed by atoms with E-state index in [4.69, 9.17) is 0 Å². The minimum absolute atomic E-state index is 0.105. The van der Waals surface area contributed by atoms with Gasteiger partial charge in [-0.05, 0) is 32.1 Å². The first-order chi connectivity index (χ1) is 9.81. The van der Waals surface area contributed by atoms with E-state index in [0.717, 1.165) is 25.1 Å². The molecule has 2 aliphatic rings. The summed E-state index contributed by atoms with van der Waals surface area (Å²) in [7, 11) is 0. The highest BCUT2D eigenvalue weighted by atomic mass is 16.1. The van der Waals surface area contributed by atoms with Crippen LogP contribution in [-0.2, 0) is 13.0 Å². The Balaban J connectivity index is 1.50. The van der Waals surface area contributed by atoms with Gasteiger partial charge in [-0.2, -0.15) is 10.2 Å². The lowest BCUT2D eigenvalue weighted by Gasteiger charge is -2.25. The fourth-order valence-electron chi connectivity index (χ4n) is 2.90. The zero-order valence-corrected chi connectivity index (χ0v) is 11.2. The lowest BCUT2D eigenvalue weighted by atomic mass is 9.93.